The zero-order chi connectivity index (χ0) is 14.8. The van der Waals surface area contributed by atoms with Gasteiger partial charge in [0, 0.05) is 9.79 Å². The zero-order valence-electron chi connectivity index (χ0n) is 10.9. The zero-order valence-corrected chi connectivity index (χ0v) is 12.5. The average Bonchev–Trinajstić information content (AvgIpc) is 2.47. The van der Waals surface area contributed by atoms with Crippen LogP contribution in [0.3, 0.4) is 0 Å². The van der Waals surface area contributed by atoms with Gasteiger partial charge in [-0.15, -0.1) is 0 Å². The van der Waals surface area contributed by atoms with Gasteiger partial charge >= 0.3 is 5.97 Å². The van der Waals surface area contributed by atoms with Gasteiger partial charge in [-0.05, 0) is 35.0 Å². The number of fused-ring (bicyclic) bond motifs is 1. The predicted molar refractivity (Wildman–Crippen MR) is 86.5 cm³/mol. The molecular formula is C17H11ClO2S. The summed E-state index contributed by atoms with van der Waals surface area (Å²) >= 11 is 7.40. The average molecular weight is 315 g/mol. The molecule has 0 aliphatic carbocycles. The summed E-state index contributed by atoms with van der Waals surface area (Å²) in [6.07, 6.45) is 0. The molecule has 3 aromatic carbocycles. The molecule has 1 N–H and O–H groups in total. The first-order valence-electron chi connectivity index (χ1n) is 6.33. The molecule has 21 heavy (non-hydrogen) atoms. The number of hydrogen-bond acceptors (Lipinski definition) is 2. The summed E-state index contributed by atoms with van der Waals surface area (Å²) < 4.78 is 0. The van der Waals surface area contributed by atoms with E-state index in [1.165, 1.54) is 11.8 Å². The Morgan fingerprint density at radius 3 is 2.48 bits per heavy atom. The maximum atomic E-state index is 11.3. The fourth-order valence-electron chi connectivity index (χ4n) is 2.15. The normalized spacial score (nSPS) is 10.7. The summed E-state index contributed by atoms with van der Waals surface area (Å²) in [6, 6.07) is 19.3. The number of rotatable bonds is 3. The van der Waals surface area contributed by atoms with Crippen LogP contribution in [0.5, 0.6) is 0 Å². The number of hydrogen-bond donors (Lipinski definition) is 1. The summed E-state index contributed by atoms with van der Waals surface area (Å²) in [5.74, 6) is -1.01. The van der Waals surface area contributed by atoms with Crippen LogP contribution >= 0.6 is 23.4 Å². The first-order chi connectivity index (χ1) is 10.1. The molecule has 4 heteroatoms. The van der Waals surface area contributed by atoms with Crippen molar-refractivity contribution in [1.82, 2.24) is 0 Å². The minimum absolute atomic E-state index is 0.150. The minimum Gasteiger partial charge on any atom is -0.478 e. The predicted octanol–water partition coefficient (Wildman–Crippen LogP) is 5.34. The molecule has 0 amide bonds. The third kappa shape index (κ3) is 2.89. The lowest BCUT2D eigenvalue weighted by atomic mass is 10.1. The van der Waals surface area contributed by atoms with Crippen molar-refractivity contribution < 1.29 is 9.90 Å². The molecule has 0 unspecified atom stereocenters. The van der Waals surface area contributed by atoms with Crippen LogP contribution in [0.15, 0.2) is 70.5 Å². The van der Waals surface area contributed by atoms with E-state index in [4.69, 9.17) is 11.6 Å². The molecule has 0 heterocycles. The van der Waals surface area contributed by atoms with Crippen LogP contribution in [0.2, 0.25) is 5.02 Å². The van der Waals surface area contributed by atoms with Gasteiger partial charge in [0.1, 0.15) is 0 Å². The quantitative estimate of drug-likeness (QED) is 0.708. The Morgan fingerprint density at radius 2 is 1.71 bits per heavy atom. The van der Waals surface area contributed by atoms with Crippen LogP contribution in [0.25, 0.3) is 10.8 Å². The van der Waals surface area contributed by atoms with Crippen molar-refractivity contribution in [2.24, 2.45) is 0 Å². The number of carboxylic acid groups (broad SMARTS) is 1. The molecule has 3 aromatic rings. The molecule has 0 fully saturated rings. The molecule has 3 rings (SSSR count). The minimum atomic E-state index is -1.01. The number of benzene rings is 3. The third-order valence-corrected chi connectivity index (χ3v) is 4.50. The van der Waals surface area contributed by atoms with Crippen LogP contribution in [0.4, 0.5) is 0 Å². The maximum absolute atomic E-state index is 11.3. The molecule has 0 atom stereocenters. The van der Waals surface area contributed by atoms with Gasteiger partial charge in [0.25, 0.3) is 0 Å². The molecule has 0 saturated heterocycles. The summed E-state index contributed by atoms with van der Waals surface area (Å²) in [6.45, 7) is 0. The topological polar surface area (TPSA) is 37.3 Å². The van der Waals surface area contributed by atoms with Gasteiger partial charge in [-0.25, -0.2) is 4.79 Å². The SMILES string of the molecule is O=C(O)c1c(Cl)cccc1Sc1ccc2ccccc2c1. The number of aromatic carboxylic acids is 1. The monoisotopic (exact) mass is 314 g/mol. The van der Waals surface area contributed by atoms with E-state index in [1.807, 2.05) is 42.5 Å². The van der Waals surface area contributed by atoms with Crippen molar-refractivity contribution in [1.29, 1.82) is 0 Å². The van der Waals surface area contributed by atoms with Crippen molar-refractivity contribution in [2.75, 3.05) is 0 Å². The number of carboxylic acids is 1. The Hall–Kier alpha value is -1.97. The largest absolute Gasteiger partial charge is 0.478 e. The molecule has 0 aromatic heterocycles. The van der Waals surface area contributed by atoms with E-state index < -0.39 is 5.97 Å². The summed E-state index contributed by atoms with van der Waals surface area (Å²) in [4.78, 5) is 13.0. The Bertz CT molecular complexity index is 830. The van der Waals surface area contributed by atoms with Crippen LogP contribution in [-0.2, 0) is 0 Å². The highest BCUT2D eigenvalue weighted by molar-refractivity contribution is 7.99. The summed E-state index contributed by atoms with van der Waals surface area (Å²) in [7, 11) is 0. The van der Waals surface area contributed by atoms with Gasteiger partial charge in [-0.1, -0.05) is 59.8 Å². The third-order valence-electron chi connectivity index (χ3n) is 3.14. The second kappa shape index (κ2) is 5.80. The highest BCUT2D eigenvalue weighted by atomic mass is 35.5. The van der Waals surface area contributed by atoms with E-state index in [1.54, 1.807) is 18.2 Å². The van der Waals surface area contributed by atoms with Gasteiger partial charge < -0.3 is 5.11 Å². The van der Waals surface area contributed by atoms with Crippen molar-refractivity contribution in [3.8, 4) is 0 Å². The van der Waals surface area contributed by atoms with E-state index >= 15 is 0 Å². The first-order valence-corrected chi connectivity index (χ1v) is 7.53. The van der Waals surface area contributed by atoms with E-state index in [0.717, 1.165) is 15.7 Å². The van der Waals surface area contributed by atoms with E-state index in [0.29, 0.717) is 4.90 Å². The molecular weight excluding hydrogens is 304 g/mol. The van der Waals surface area contributed by atoms with Crippen LogP contribution in [-0.4, -0.2) is 11.1 Å². The molecule has 0 bridgehead atoms. The van der Waals surface area contributed by atoms with Crippen LogP contribution < -0.4 is 0 Å². The van der Waals surface area contributed by atoms with E-state index in [-0.39, 0.29) is 10.6 Å². The number of carbonyl (C=O) groups is 1. The van der Waals surface area contributed by atoms with Gasteiger partial charge in [0.2, 0.25) is 0 Å². The first kappa shape index (κ1) is 14.0. The molecule has 2 nitrogen and oxygen atoms in total. The van der Waals surface area contributed by atoms with Crippen LogP contribution in [0, 0.1) is 0 Å². The number of halogens is 1. The fourth-order valence-corrected chi connectivity index (χ4v) is 3.49. The molecule has 0 aliphatic rings. The lowest BCUT2D eigenvalue weighted by Crippen LogP contribution is -1.99. The van der Waals surface area contributed by atoms with Crippen LogP contribution in [0.1, 0.15) is 10.4 Å². The lowest BCUT2D eigenvalue weighted by Gasteiger charge is -2.08. The van der Waals surface area contributed by atoms with E-state index in [2.05, 4.69) is 0 Å². The van der Waals surface area contributed by atoms with Gasteiger partial charge in [0.15, 0.2) is 0 Å². The molecule has 0 spiro atoms. The molecule has 0 aliphatic heterocycles. The van der Waals surface area contributed by atoms with Gasteiger partial charge in [0.05, 0.1) is 10.6 Å². The smallest absolute Gasteiger partial charge is 0.338 e. The van der Waals surface area contributed by atoms with Crippen molar-refractivity contribution in [3.05, 3.63) is 71.2 Å². The summed E-state index contributed by atoms with van der Waals surface area (Å²) in [5, 5.41) is 11.8. The Balaban J connectivity index is 2.02. The molecule has 0 radical (unpaired) electrons. The summed E-state index contributed by atoms with van der Waals surface area (Å²) in [5.41, 5.74) is 0.150. The second-order valence-electron chi connectivity index (χ2n) is 4.53. The Labute approximate surface area is 131 Å². The van der Waals surface area contributed by atoms with E-state index in [9.17, 15) is 9.90 Å². The standard InChI is InChI=1S/C17H11ClO2S/c18-14-6-3-7-15(16(14)17(19)20)21-13-9-8-11-4-1-2-5-12(11)10-13/h1-10H,(H,19,20). The maximum Gasteiger partial charge on any atom is 0.338 e. The van der Waals surface area contributed by atoms with Gasteiger partial charge in [-0.3, -0.25) is 0 Å². The second-order valence-corrected chi connectivity index (χ2v) is 6.05. The molecule has 0 saturated carbocycles. The lowest BCUT2D eigenvalue weighted by molar-refractivity contribution is 0.0693. The highest BCUT2D eigenvalue weighted by Crippen LogP contribution is 2.35. The van der Waals surface area contributed by atoms with Crippen molar-refractivity contribution >= 4 is 40.1 Å². The highest BCUT2D eigenvalue weighted by Gasteiger charge is 2.15. The fraction of sp³-hybridized carbons (Fsp3) is 0. The van der Waals surface area contributed by atoms with Gasteiger partial charge in [-0.2, -0.15) is 0 Å². The van der Waals surface area contributed by atoms with Crippen molar-refractivity contribution in [2.45, 2.75) is 9.79 Å². The Morgan fingerprint density at radius 1 is 0.952 bits per heavy atom. The van der Waals surface area contributed by atoms with Crippen molar-refractivity contribution in [3.63, 3.8) is 0 Å². The molecule has 104 valence electrons. The Kier molecular flexibility index (Phi) is 3.86.